The van der Waals surface area contributed by atoms with Gasteiger partial charge in [0, 0.05) is 18.2 Å². The molecule has 0 aliphatic heterocycles. The van der Waals surface area contributed by atoms with Crippen LogP contribution in [-0.2, 0) is 6.42 Å². The Balaban J connectivity index is 2.35. The van der Waals surface area contributed by atoms with Gasteiger partial charge in [-0.3, -0.25) is 0 Å². The second-order valence-electron chi connectivity index (χ2n) is 2.94. The minimum Gasteiger partial charge on any atom is -0.334 e. The molecule has 15 heavy (non-hydrogen) atoms. The van der Waals surface area contributed by atoms with E-state index in [0.717, 1.165) is 12.0 Å². The number of rotatable bonds is 3. The Kier molecular flexibility index (Phi) is 2.59. The van der Waals surface area contributed by atoms with E-state index in [1.807, 2.05) is 6.92 Å². The Bertz CT molecular complexity index is 453. The van der Waals surface area contributed by atoms with Crippen LogP contribution in [0.4, 0.5) is 5.82 Å². The summed E-state index contributed by atoms with van der Waals surface area (Å²) in [5, 5.41) is 3.81. The molecule has 0 aliphatic carbocycles. The first-order chi connectivity index (χ1) is 7.33. The van der Waals surface area contributed by atoms with E-state index >= 15 is 0 Å². The first-order valence-electron chi connectivity index (χ1n) is 4.59. The monoisotopic (exact) mass is 205 g/mol. The van der Waals surface area contributed by atoms with Crippen LogP contribution < -0.4 is 11.3 Å². The van der Waals surface area contributed by atoms with Crippen LogP contribution in [0, 0.1) is 0 Å². The maximum atomic E-state index is 5.25. The molecule has 2 heterocycles. The molecule has 0 atom stereocenters. The molecule has 2 aromatic heterocycles. The quantitative estimate of drug-likeness (QED) is 0.573. The first-order valence-corrected chi connectivity index (χ1v) is 4.59. The summed E-state index contributed by atoms with van der Waals surface area (Å²) in [5.74, 6) is 6.97. The van der Waals surface area contributed by atoms with Crippen molar-refractivity contribution in [3.63, 3.8) is 0 Å². The molecule has 0 unspecified atom stereocenters. The fraction of sp³-hybridized carbons (Fsp3) is 0.222. The molecule has 6 heteroatoms. The molecule has 2 rings (SSSR count). The molecule has 78 valence electrons. The van der Waals surface area contributed by atoms with Gasteiger partial charge in [-0.2, -0.15) is 4.98 Å². The normalized spacial score (nSPS) is 10.3. The molecule has 0 fully saturated rings. The molecule has 0 aliphatic rings. The van der Waals surface area contributed by atoms with Gasteiger partial charge in [-0.25, -0.2) is 10.8 Å². The molecule has 0 amide bonds. The Morgan fingerprint density at radius 2 is 2.40 bits per heavy atom. The maximum absolute atomic E-state index is 5.25. The van der Waals surface area contributed by atoms with Crippen molar-refractivity contribution in [1.29, 1.82) is 0 Å². The summed E-state index contributed by atoms with van der Waals surface area (Å²) in [6, 6.07) is 3.53. The van der Waals surface area contributed by atoms with Crippen molar-refractivity contribution in [2.24, 2.45) is 5.84 Å². The van der Waals surface area contributed by atoms with Gasteiger partial charge in [0.05, 0.1) is 0 Å². The standard InChI is InChI=1S/C9H11N5O/c1-2-7-12-9(15-14-7)6-3-4-11-8(5-6)13-10/h3-5H,2,10H2,1H3,(H,11,13). The lowest BCUT2D eigenvalue weighted by Gasteiger charge is -1.98. The molecular formula is C9H11N5O. The number of nitrogens with zero attached hydrogens (tertiary/aromatic N) is 3. The lowest BCUT2D eigenvalue weighted by Crippen LogP contribution is -2.08. The molecular weight excluding hydrogens is 194 g/mol. The topological polar surface area (TPSA) is 89.9 Å². The van der Waals surface area contributed by atoms with Gasteiger partial charge in [0.25, 0.3) is 5.89 Å². The van der Waals surface area contributed by atoms with Crippen molar-refractivity contribution in [2.75, 3.05) is 5.43 Å². The highest BCUT2D eigenvalue weighted by atomic mass is 16.5. The average Bonchev–Trinajstić information content (AvgIpc) is 2.78. The van der Waals surface area contributed by atoms with Gasteiger partial charge in [-0.05, 0) is 12.1 Å². The van der Waals surface area contributed by atoms with E-state index < -0.39 is 0 Å². The van der Waals surface area contributed by atoms with Gasteiger partial charge in [-0.15, -0.1) is 0 Å². The fourth-order valence-electron chi connectivity index (χ4n) is 1.16. The Labute approximate surface area is 86.5 Å². The molecule has 3 N–H and O–H groups in total. The highest BCUT2D eigenvalue weighted by Gasteiger charge is 2.07. The molecule has 0 saturated carbocycles. The second kappa shape index (κ2) is 4.05. The van der Waals surface area contributed by atoms with Crippen LogP contribution in [0.2, 0.25) is 0 Å². The summed E-state index contributed by atoms with van der Waals surface area (Å²) in [4.78, 5) is 8.18. The van der Waals surface area contributed by atoms with E-state index in [-0.39, 0.29) is 0 Å². The zero-order chi connectivity index (χ0) is 10.7. The van der Waals surface area contributed by atoms with E-state index in [4.69, 9.17) is 10.4 Å². The van der Waals surface area contributed by atoms with Crippen LogP contribution in [0.5, 0.6) is 0 Å². The summed E-state index contributed by atoms with van der Waals surface area (Å²) in [5.41, 5.74) is 3.25. The largest absolute Gasteiger partial charge is 0.334 e. The lowest BCUT2D eigenvalue weighted by molar-refractivity contribution is 0.423. The maximum Gasteiger partial charge on any atom is 0.258 e. The number of hydrogen-bond acceptors (Lipinski definition) is 6. The lowest BCUT2D eigenvalue weighted by atomic mass is 10.2. The first kappa shape index (κ1) is 9.60. The molecule has 0 radical (unpaired) electrons. The predicted molar refractivity (Wildman–Crippen MR) is 54.7 cm³/mol. The Hall–Kier alpha value is -1.95. The van der Waals surface area contributed by atoms with Gasteiger partial charge >= 0.3 is 0 Å². The van der Waals surface area contributed by atoms with Crippen molar-refractivity contribution >= 4 is 5.82 Å². The summed E-state index contributed by atoms with van der Waals surface area (Å²) in [7, 11) is 0. The summed E-state index contributed by atoms with van der Waals surface area (Å²) >= 11 is 0. The Morgan fingerprint density at radius 3 is 3.07 bits per heavy atom. The Morgan fingerprint density at radius 1 is 1.53 bits per heavy atom. The average molecular weight is 205 g/mol. The van der Waals surface area contributed by atoms with Gasteiger partial charge in [0.15, 0.2) is 5.82 Å². The third-order valence-electron chi connectivity index (χ3n) is 1.94. The van der Waals surface area contributed by atoms with Crippen molar-refractivity contribution in [2.45, 2.75) is 13.3 Å². The number of anilines is 1. The summed E-state index contributed by atoms with van der Waals surface area (Å²) < 4.78 is 5.08. The number of nitrogens with one attached hydrogen (secondary N) is 1. The minimum atomic E-state index is 0.478. The van der Waals surface area contributed by atoms with Crippen LogP contribution >= 0.6 is 0 Å². The highest BCUT2D eigenvalue weighted by Crippen LogP contribution is 2.18. The van der Waals surface area contributed by atoms with Gasteiger partial charge in [-0.1, -0.05) is 12.1 Å². The van der Waals surface area contributed by atoms with Crippen LogP contribution in [-0.4, -0.2) is 15.1 Å². The van der Waals surface area contributed by atoms with Crippen molar-refractivity contribution in [3.8, 4) is 11.5 Å². The molecule has 0 aromatic carbocycles. The summed E-state index contributed by atoms with van der Waals surface area (Å²) in [6.45, 7) is 1.97. The van der Waals surface area contributed by atoms with E-state index in [1.54, 1.807) is 18.3 Å². The summed E-state index contributed by atoms with van der Waals surface area (Å²) in [6.07, 6.45) is 2.37. The zero-order valence-corrected chi connectivity index (χ0v) is 8.27. The second-order valence-corrected chi connectivity index (χ2v) is 2.94. The van der Waals surface area contributed by atoms with Gasteiger partial charge in [0.1, 0.15) is 5.82 Å². The van der Waals surface area contributed by atoms with Crippen molar-refractivity contribution < 1.29 is 4.52 Å². The van der Waals surface area contributed by atoms with Gasteiger partial charge < -0.3 is 9.95 Å². The van der Waals surface area contributed by atoms with Crippen LogP contribution in [0.3, 0.4) is 0 Å². The molecule has 0 bridgehead atoms. The number of pyridine rings is 1. The zero-order valence-electron chi connectivity index (χ0n) is 8.27. The van der Waals surface area contributed by atoms with E-state index in [2.05, 4.69) is 20.6 Å². The predicted octanol–water partition coefficient (Wildman–Crippen LogP) is 0.980. The van der Waals surface area contributed by atoms with Crippen LogP contribution in [0.15, 0.2) is 22.9 Å². The minimum absolute atomic E-state index is 0.478. The van der Waals surface area contributed by atoms with Crippen LogP contribution in [0.1, 0.15) is 12.7 Å². The number of nitrogens with two attached hydrogens (primary N) is 1. The van der Waals surface area contributed by atoms with E-state index in [1.165, 1.54) is 0 Å². The van der Waals surface area contributed by atoms with Crippen LogP contribution in [0.25, 0.3) is 11.5 Å². The third-order valence-corrected chi connectivity index (χ3v) is 1.94. The van der Waals surface area contributed by atoms with Gasteiger partial charge in [0.2, 0.25) is 0 Å². The number of aromatic nitrogens is 3. The number of hydrogen-bond donors (Lipinski definition) is 2. The molecule has 0 saturated heterocycles. The number of aryl methyl sites for hydroxylation is 1. The van der Waals surface area contributed by atoms with E-state index in [9.17, 15) is 0 Å². The number of hydrazine groups is 1. The van der Waals surface area contributed by atoms with E-state index in [0.29, 0.717) is 17.5 Å². The van der Waals surface area contributed by atoms with Crippen molar-refractivity contribution in [3.05, 3.63) is 24.2 Å². The molecule has 0 spiro atoms. The number of nitrogen functional groups attached to an aromatic ring is 1. The molecule has 2 aromatic rings. The fourth-order valence-corrected chi connectivity index (χ4v) is 1.16. The molecule has 6 nitrogen and oxygen atoms in total. The third kappa shape index (κ3) is 1.94. The smallest absolute Gasteiger partial charge is 0.258 e. The SMILES string of the molecule is CCc1noc(-c2ccnc(NN)c2)n1. The highest BCUT2D eigenvalue weighted by molar-refractivity contribution is 5.57. The van der Waals surface area contributed by atoms with Crippen molar-refractivity contribution in [1.82, 2.24) is 15.1 Å².